The fourth-order valence-corrected chi connectivity index (χ4v) is 3.03. The van der Waals surface area contributed by atoms with E-state index in [1.807, 2.05) is 62.4 Å². The molecule has 0 aliphatic rings. The third-order valence-corrected chi connectivity index (χ3v) is 4.47. The number of hydrogen-bond acceptors (Lipinski definition) is 3. The molecule has 2 rings (SSSR count). The van der Waals surface area contributed by atoms with Gasteiger partial charge in [0, 0.05) is 0 Å². The molecule has 4 heteroatoms. The fraction of sp³-hybridized carbons (Fsp3) is 0.435. The molecule has 0 saturated heterocycles. The predicted octanol–water partition coefficient (Wildman–Crippen LogP) is 5.06. The topological polar surface area (TPSA) is 47.6 Å². The number of hydrogen-bond donors (Lipinski definition) is 1. The SMILES string of the molecule is CC[C@H](Oc1cccc(C)c1)C(=O)N[C@H](CC(C)C)c1ccc(OC)cc1. The molecule has 0 bridgehead atoms. The molecule has 1 N–H and O–H groups in total. The highest BCUT2D eigenvalue weighted by atomic mass is 16.5. The Hall–Kier alpha value is -2.49. The molecule has 2 aromatic carbocycles. The molecule has 0 unspecified atom stereocenters. The summed E-state index contributed by atoms with van der Waals surface area (Å²) in [4.78, 5) is 12.9. The van der Waals surface area contributed by atoms with Crippen LogP contribution in [0.15, 0.2) is 48.5 Å². The van der Waals surface area contributed by atoms with Crippen molar-refractivity contribution in [2.75, 3.05) is 7.11 Å². The molecule has 27 heavy (non-hydrogen) atoms. The van der Waals surface area contributed by atoms with Crippen LogP contribution in [0.5, 0.6) is 11.5 Å². The van der Waals surface area contributed by atoms with E-state index >= 15 is 0 Å². The second kappa shape index (κ2) is 10.0. The zero-order valence-electron chi connectivity index (χ0n) is 17.0. The van der Waals surface area contributed by atoms with Crippen LogP contribution >= 0.6 is 0 Å². The molecular formula is C23H31NO3. The van der Waals surface area contributed by atoms with E-state index in [-0.39, 0.29) is 11.9 Å². The highest BCUT2D eigenvalue weighted by Gasteiger charge is 2.23. The predicted molar refractivity (Wildman–Crippen MR) is 109 cm³/mol. The first-order valence-electron chi connectivity index (χ1n) is 9.60. The summed E-state index contributed by atoms with van der Waals surface area (Å²) in [6, 6.07) is 15.6. The van der Waals surface area contributed by atoms with Crippen LogP contribution in [0.3, 0.4) is 0 Å². The van der Waals surface area contributed by atoms with E-state index in [1.165, 1.54) is 0 Å². The minimum absolute atomic E-state index is 0.0569. The van der Waals surface area contributed by atoms with Gasteiger partial charge in [0.25, 0.3) is 5.91 Å². The maximum Gasteiger partial charge on any atom is 0.261 e. The zero-order chi connectivity index (χ0) is 19.8. The van der Waals surface area contributed by atoms with Crippen LogP contribution in [-0.2, 0) is 4.79 Å². The molecule has 4 nitrogen and oxygen atoms in total. The first-order valence-corrected chi connectivity index (χ1v) is 9.60. The zero-order valence-corrected chi connectivity index (χ0v) is 17.0. The van der Waals surface area contributed by atoms with Gasteiger partial charge in [-0.3, -0.25) is 4.79 Å². The molecule has 0 fully saturated rings. The van der Waals surface area contributed by atoms with Gasteiger partial charge >= 0.3 is 0 Å². The molecule has 0 saturated carbocycles. The summed E-state index contributed by atoms with van der Waals surface area (Å²) >= 11 is 0. The van der Waals surface area contributed by atoms with Gasteiger partial charge in [-0.05, 0) is 61.1 Å². The van der Waals surface area contributed by atoms with Gasteiger partial charge in [-0.25, -0.2) is 0 Å². The van der Waals surface area contributed by atoms with Crippen molar-refractivity contribution >= 4 is 5.91 Å². The molecule has 1 amide bonds. The van der Waals surface area contributed by atoms with Gasteiger partial charge < -0.3 is 14.8 Å². The lowest BCUT2D eigenvalue weighted by Crippen LogP contribution is -2.40. The maximum atomic E-state index is 12.9. The van der Waals surface area contributed by atoms with Crippen molar-refractivity contribution in [2.45, 2.75) is 52.7 Å². The summed E-state index contributed by atoms with van der Waals surface area (Å²) in [5, 5.41) is 3.18. The normalized spacial score (nSPS) is 13.1. The van der Waals surface area contributed by atoms with Crippen LogP contribution in [0.4, 0.5) is 0 Å². The van der Waals surface area contributed by atoms with E-state index in [9.17, 15) is 4.79 Å². The van der Waals surface area contributed by atoms with Crippen LogP contribution in [0.2, 0.25) is 0 Å². The van der Waals surface area contributed by atoms with Crippen LogP contribution in [0, 0.1) is 12.8 Å². The second-order valence-corrected chi connectivity index (χ2v) is 7.30. The Balaban J connectivity index is 2.12. The lowest BCUT2D eigenvalue weighted by Gasteiger charge is -2.25. The van der Waals surface area contributed by atoms with E-state index in [0.717, 1.165) is 29.0 Å². The number of amides is 1. The largest absolute Gasteiger partial charge is 0.497 e. The minimum Gasteiger partial charge on any atom is -0.497 e. The molecule has 0 aliphatic heterocycles. The number of methoxy groups -OCH3 is 1. The molecule has 0 aliphatic carbocycles. The van der Waals surface area contributed by atoms with Crippen LogP contribution in [0.25, 0.3) is 0 Å². The molecule has 0 aromatic heterocycles. The van der Waals surface area contributed by atoms with Crippen molar-refractivity contribution in [1.29, 1.82) is 0 Å². The minimum atomic E-state index is -0.514. The molecule has 2 atom stereocenters. The molecule has 0 radical (unpaired) electrons. The van der Waals surface area contributed by atoms with Gasteiger partial charge in [-0.2, -0.15) is 0 Å². The van der Waals surface area contributed by atoms with Gasteiger partial charge in [0.1, 0.15) is 11.5 Å². The highest BCUT2D eigenvalue weighted by Crippen LogP contribution is 2.24. The average Bonchev–Trinajstić information content (AvgIpc) is 2.65. The summed E-state index contributed by atoms with van der Waals surface area (Å²) in [6.45, 7) is 8.29. The first kappa shape index (κ1) is 20.8. The highest BCUT2D eigenvalue weighted by molar-refractivity contribution is 5.81. The van der Waals surface area contributed by atoms with E-state index in [1.54, 1.807) is 7.11 Å². The number of benzene rings is 2. The Labute approximate surface area is 162 Å². The number of rotatable bonds is 9. The van der Waals surface area contributed by atoms with Gasteiger partial charge in [0.05, 0.1) is 13.2 Å². The Bertz CT molecular complexity index is 725. The summed E-state index contributed by atoms with van der Waals surface area (Å²) in [5.41, 5.74) is 2.18. The third-order valence-electron chi connectivity index (χ3n) is 4.47. The van der Waals surface area contributed by atoms with Crippen molar-refractivity contribution in [2.24, 2.45) is 5.92 Å². The molecule has 0 spiro atoms. The summed E-state index contributed by atoms with van der Waals surface area (Å²) in [7, 11) is 1.65. The Morgan fingerprint density at radius 3 is 2.33 bits per heavy atom. The Morgan fingerprint density at radius 2 is 1.78 bits per heavy atom. The second-order valence-electron chi connectivity index (χ2n) is 7.30. The fourth-order valence-electron chi connectivity index (χ4n) is 3.03. The van der Waals surface area contributed by atoms with Gasteiger partial charge in [-0.1, -0.05) is 45.0 Å². The number of ether oxygens (including phenoxy) is 2. The number of nitrogens with one attached hydrogen (secondary N) is 1. The molecular weight excluding hydrogens is 338 g/mol. The standard InChI is InChI=1S/C23H31NO3/c1-6-22(27-20-9-7-8-17(4)15-20)23(25)24-21(14-16(2)3)18-10-12-19(26-5)13-11-18/h7-13,15-16,21-22H,6,14H2,1-5H3,(H,24,25)/t21-,22+/m1/s1. The first-order chi connectivity index (χ1) is 12.9. The average molecular weight is 370 g/mol. The molecule has 146 valence electrons. The van der Waals surface area contributed by atoms with Crippen LogP contribution in [-0.4, -0.2) is 19.1 Å². The Morgan fingerprint density at radius 1 is 1.07 bits per heavy atom. The smallest absolute Gasteiger partial charge is 0.261 e. The number of carbonyl (C=O) groups excluding carboxylic acids is 1. The van der Waals surface area contributed by atoms with Crippen molar-refractivity contribution < 1.29 is 14.3 Å². The quantitative estimate of drug-likeness (QED) is 0.672. The summed E-state index contributed by atoms with van der Waals surface area (Å²) in [5.74, 6) is 1.90. The lowest BCUT2D eigenvalue weighted by atomic mass is 9.96. The van der Waals surface area contributed by atoms with Gasteiger partial charge in [0.2, 0.25) is 0 Å². The summed E-state index contributed by atoms with van der Waals surface area (Å²) in [6.07, 6.45) is 0.954. The lowest BCUT2D eigenvalue weighted by molar-refractivity contribution is -0.129. The third kappa shape index (κ3) is 6.31. The number of aryl methyl sites for hydroxylation is 1. The molecule has 0 heterocycles. The van der Waals surface area contributed by atoms with Crippen molar-refractivity contribution in [1.82, 2.24) is 5.32 Å². The van der Waals surface area contributed by atoms with Crippen LogP contribution < -0.4 is 14.8 Å². The van der Waals surface area contributed by atoms with Gasteiger partial charge in [-0.15, -0.1) is 0 Å². The van der Waals surface area contributed by atoms with Crippen molar-refractivity contribution in [3.63, 3.8) is 0 Å². The van der Waals surface area contributed by atoms with Crippen molar-refractivity contribution in [3.8, 4) is 11.5 Å². The van der Waals surface area contributed by atoms with E-state index in [2.05, 4.69) is 19.2 Å². The van der Waals surface area contributed by atoms with E-state index < -0.39 is 6.10 Å². The van der Waals surface area contributed by atoms with E-state index in [0.29, 0.717) is 12.3 Å². The van der Waals surface area contributed by atoms with Gasteiger partial charge in [0.15, 0.2) is 6.10 Å². The maximum absolute atomic E-state index is 12.9. The Kier molecular flexibility index (Phi) is 7.71. The monoisotopic (exact) mass is 369 g/mol. The van der Waals surface area contributed by atoms with Crippen LogP contribution in [0.1, 0.15) is 50.8 Å². The molecule has 2 aromatic rings. The van der Waals surface area contributed by atoms with Crippen molar-refractivity contribution in [3.05, 3.63) is 59.7 Å². The van der Waals surface area contributed by atoms with E-state index in [4.69, 9.17) is 9.47 Å². The number of carbonyl (C=O) groups is 1. The summed E-state index contributed by atoms with van der Waals surface area (Å²) < 4.78 is 11.2.